The smallest absolute Gasteiger partial charge is 0.339 e. The van der Waals surface area contributed by atoms with Gasteiger partial charge in [-0.25, -0.2) is 4.79 Å². The van der Waals surface area contributed by atoms with E-state index in [0.717, 1.165) is 40.7 Å². The molecule has 1 aliphatic heterocycles. The number of anilines is 1. The molecule has 0 aliphatic carbocycles. The van der Waals surface area contributed by atoms with Crippen LogP contribution in [0.15, 0.2) is 42.5 Å². The first kappa shape index (κ1) is 23.2. The lowest BCUT2D eigenvalue weighted by Gasteiger charge is -2.32. The summed E-state index contributed by atoms with van der Waals surface area (Å²) in [6.07, 6.45) is -0.215. The van der Waals surface area contributed by atoms with Gasteiger partial charge >= 0.3 is 5.97 Å². The van der Waals surface area contributed by atoms with Gasteiger partial charge in [0.05, 0.1) is 11.1 Å². The van der Waals surface area contributed by atoms with E-state index in [1.165, 1.54) is 0 Å². The lowest BCUT2D eigenvalue weighted by molar-refractivity contribution is -0.123. The molecule has 0 saturated heterocycles. The number of para-hydroxylation sites is 1. The predicted molar refractivity (Wildman–Crippen MR) is 131 cm³/mol. The molecule has 7 heteroatoms. The maximum atomic E-state index is 13.4. The molecule has 0 saturated carbocycles. The lowest BCUT2D eigenvalue weighted by atomic mass is 9.95. The number of halogens is 1. The number of nitrogens with zero attached hydrogens (tertiary/aromatic N) is 2. The zero-order chi connectivity index (χ0) is 23.7. The van der Waals surface area contributed by atoms with Crippen LogP contribution in [-0.4, -0.2) is 40.5 Å². The summed E-state index contributed by atoms with van der Waals surface area (Å²) in [5.41, 5.74) is 4.53. The van der Waals surface area contributed by atoms with E-state index in [0.29, 0.717) is 28.9 Å². The first-order chi connectivity index (χ1) is 15.7. The molecule has 0 fully saturated rings. The Hall–Kier alpha value is -2.96. The van der Waals surface area contributed by atoms with E-state index in [-0.39, 0.29) is 0 Å². The highest BCUT2D eigenvalue weighted by Gasteiger charge is 2.29. The van der Waals surface area contributed by atoms with Crippen molar-refractivity contribution in [3.8, 4) is 0 Å². The van der Waals surface area contributed by atoms with Crippen molar-refractivity contribution in [2.45, 2.75) is 52.8 Å². The highest BCUT2D eigenvalue weighted by Crippen LogP contribution is 2.30. The molecule has 1 atom stereocenters. The van der Waals surface area contributed by atoms with Gasteiger partial charge in [0.2, 0.25) is 0 Å². The molecule has 2 aromatic carbocycles. The van der Waals surface area contributed by atoms with E-state index in [9.17, 15) is 9.59 Å². The van der Waals surface area contributed by atoms with E-state index in [1.807, 2.05) is 37.3 Å². The molecule has 172 valence electrons. The van der Waals surface area contributed by atoms with Crippen LogP contribution >= 0.6 is 11.6 Å². The van der Waals surface area contributed by atoms with Crippen LogP contribution in [0, 0.1) is 6.92 Å². The summed E-state index contributed by atoms with van der Waals surface area (Å²) in [7, 11) is 0. The summed E-state index contributed by atoms with van der Waals surface area (Å²) in [6, 6.07) is 13.2. The Morgan fingerprint density at radius 2 is 1.91 bits per heavy atom. The molecule has 6 nitrogen and oxygen atoms in total. The van der Waals surface area contributed by atoms with Crippen molar-refractivity contribution in [3.05, 3.63) is 69.9 Å². The normalized spacial score (nSPS) is 14.7. The second-order valence-corrected chi connectivity index (χ2v) is 9.15. The number of nitrogens with one attached hydrogen (secondary N) is 1. The third-order valence-electron chi connectivity index (χ3n) is 6.10. The highest BCUT2D eigenvalue weighted by atomic mass is 35.5. The van der Waals surface area contributed by atoms with Gasteiger partial charge in [-0.2, -0.15) is 0 Å². The average molecular weight is 466 g/mol. The summed E-state index contributed by atoms with van der Waals surface area (Å²) < 4.78 is 5.66. The molecular formula is C26H28ClN3O3. The molecule has 1 aliphatic rings. The van der Waals surface area contributed by atoms with Gasteiger partial charge in [0.1, 0.15) is 0 Å². The molecule has 0 bridgehead atoms. The maximum Gasteiger partial charge on any atom is 0.339 e. The van der Waals surface area contributed by atoms with Crippen molar-refractivity contribution >= 4 is 40.1 Å². The average Bonchev–Trinajstić information content (AvgIpc) is 2.79. The van der Waals surface area contributed by atoms with E-state index in [2.05, 4.69) is 24.1 Å². The van der Waals surface area contributed by atoms with Crippen molar-refractivity contribution in [3.63, 3.8) is 0 Å². The molecule has 1 aromatic heterocycles. The number of hydrogen-bond donors (Lipinski definition) is 1. The van der Waals surface area contributed by atoms with Gasteiger partial charge in [0.15, 0.2) is 6.10 Å². The Bertz CT molecular complexity index is 1220. The predicted octanol–water partition coefficient (Wildman–Crippen LogP) is 5.15. The number of aryl methyl sites for hydroxylation is 1. The van der Waals surface area contributed by atoms with Crippen LogP contribution in [0.25, 0.3) is 10.9 Å². The zero-order valence-electron chi connectivity index (χ0n) is 19.3. The van der Waals surface area contributed by atoms with Gasteiger partial charge in [-0.3, -0.25) is 14.7 Å². The SMILES string of the molecule is Cc1ccc(NC(=O)C(C)OC(=O)c2c3c(nc4ccccc24)CCN(C(C)C)C3)cc1Cl. The third kappa shape index (κ3) is 4.87. The fourth-order valence-electron chi connectivity index (χ4n) is 4.07. The summed E-state index contributed by atoms with van der Waals surface area (Å²) >= 11 is 6.15. The first-order valence-electron chi connectivity index (χ1n) is 11.2. The second kappa shape index (κ2) is 9.49. The van der Waals surface area contributed by atoms with Crippen LogP contribution in [0.2, 0.25) is 5.02 Å². The minimum atomic E-state index is -0.982. The topological polar surface area (TPSA) is 71.5 Å². The minimum Gasteiger partial charge on any atom is -0.449 e. The first-order valence-corrected chi connectivity index (χ1v) is 11.5. The Kier molecular flexibility index (Phi) is 6.68. The van der Waals surface area contributed by atoms with Gasteiger partial charge in [0.25, 0.3) is 5.91 Å². The van der Waals surface area contributed by atoms with E-state index >= 15 is 0 Å². The highest BCUT2D eigenvalue weighted by molar-refractivity contribution is 6.31. The quantitative estimate of drug-likeness (QED) is 0.528. The number of carbonyl (C=O) groups is 2. The van der Waals surface area contributed by atoms with Crippen LogP contribution < -0.4 is 5.32 Å². The van der Waals surface area contributed by atoms with Crippen LogP contribution in [-0.2, 0) is 22.5 Å². The number of fused-ring (bicyclic) bond motifs is 2. The van der Waals surface area contributed by atoms with Crippen molar-refractivity contribution in [1.82, 2.24) is 9.88 Å². The van der Waals surface area contributed by atoms with Crippen LogP contribution in [0.1, 0.15) is 48.0 Å². The van der Waals surface area contributed by atoms with Crippen LogP contribution in [0.4, 0.5) is 5.69 Å². The molecule has 0 radical (unpaired) electrons. The number of pyridine rings is 1. The molecule has 3 aromatic rings. The molecule has 4 rings (SSSR count). The zero-order valence-corrected chi connectivity index (χ0v) is 20.1. The molecule has 1 amide bonds. The van der Waals surface area contributed by atoms with Crippen molar-refractivity contribution in [1.29, 1.82) is 0 Å². The van der Waals surface area contributed by atoms with Crippen molar-refractivity contribution in [2.24, 2.45) is 0 Å². The van der Waals surface area contributed by atoms with Gasteiger partial charge in [-0.05, 0) is 51.5 Å². The Balaban J connectivity index is 1.61. The van der Waals surface area contributed by atoms with Gasteiger partial charge in [0, 0.05) is 52.9 Å². The van der Waals surface area contributed by atoms with Gasteiger partial charge in [-0.1, -0.05) is 35.9 Å². The van der Waals surface area contributed by atoms with Crippen LogP contribution in [0.5, 0.6) is 0 Å². The van der Waals surface area contributed by atoms with Gasteiger partial charge in [-0.15, -0.1) is 0 Å². The summed E-state index contributed by atoms with van der Waals surface area (Å²) in [5, 5.41) is 4.06. The second-order valence-electron chi connectivity index (χ2n) is 8.74. The van der Waals surface area contributed by atoms with Crippen molar-refractivity contribution < 1.29 is 14.3 Å². The number of amides is 1. The summed E-state index contributed by atoms with van der Waals surface area (Å²) in [6.45, 7) is 9.25. The van der Waals surface area contributed by atoms with Crippen LogP contribution in [0.3, 0.4) is 0 Å². The fraction of sp³-hybridized carbons (Fsp3) is 0.346. The summed E-state index contributed by atoms with van der Waals surface area (Å²) in [4.78, 5) is 33.2. The molecular weight excluding hydrogens is 438 g/mol. The number of benzene rings is 2. The van der Waals surface area contributed by atoms with Crippen molar-refractivity contribution in [2.75, 3.05) is 11.9 Å². The number of carbonyl (C=O) groups excluding carboxylic acids is 2. The molecule has 2 heterocycles. The minimum absolute atomic E-state index is 0.347. The monoisotopic (exact) mass is 465 g/mol. The number of ether oxygens (including phenoxy) is 1. The number of esters is 1. The lowest BCUT2D eigenvalue weighted by Crippen LogP contribution is -2.37. The molecule has 1 N–H and O–H groups in total. The number of aromatic nitrogens is 1. The van der Waals surface area contributed by atoms with E-state index in [1.54, 1.807) is 19.1 Å². The van der Waals surface area contributed by atoms with E-state index in [4.69, 9.17) is 21.3 Å². The fourth-order valence-corrected chi connectivity index (χ4v) is 4.25. The summed E-state index contributed by atoms with van der Waals surface area (Å²) in [5.74, 6) is -0.931. The van der Waals surface area contributed by atoms with Gasteiger partial charge < -0.3 is 10.1 Å². The standard InChI is InChI=1S/C26H28ClN3O3/c1-15(2)30-12-11-23-20(14-30)24(19-7-5-6-8-22(19)29-23)26(32)33-17(4)25(31)28-18-10-9-16(3)21(27)13-18/h5-10,13,15,17H,11-12,14H2,1-4H3,(H,28,31). The number of hydrogen-bond acceptors (Lipinski definition) is 5. The molecule has 33 heavy (non-hydrogen) atoms. The molecule has 0 spiro atoms. The Morgan fingerprint density at radius 1 is 1.15 bits per heavy atom. The van der Waals surface area contributed by atoms with E-state index < -0.39 is 18.0 Å². The number of rotatable bonds is 5. The Labute approximate surface area is 198 Å². The third-order valence-corrected chi connectivity index (χ3v) is 6.51. The largest absolute Gasteiger partial charge is 0.449 e. The molecule has 1 unspecified atom stereocenters. The maximum absolute atomic E-state index is 13.4. The Morgan fingerprint density at radius 3 is 2.64 bits per heavy atom.